The van der Waals surface area contributed by atoms with Crippen molar-refractivity contribution in [1.29, 1.82) is 0 Å². The highest BCUT2D eigenvalue weighted by atomic mass is 32.2. The summed E-state index contributed by atoms with van der Waals surface area (Å²) in [6.07, 6.45) is 3.79. The number of hydrogen-bond donors (Lipinski definition) is 0. The summed E-state index contributed by atoms with van der Waals surface area (Å²) >= 11 is 3.52. The molecule has 0 radical (unpaired) electrons. The number of hydrogen-bond acceptors (Lipinski definition) is 5. The highest BCUT2D eigenvalue weighted by Gasteiger charge is 2.23. The van der Waals surface area contributed by atoms with Gasteiger partial charge in [0.2, 0.25) is 0 Å². The minimum atomic E-state index is 0.780. The van der Waals surface area contributed by atoms with Crippen LogP contribution in [0.2, 0.25) is 0 Å². The minimum Gasteiger partial charge on any atom is -0.457 e. The molecule has 190 valence electrons. The van der Waals surface area contributed by atoms with Gasteiger partial charge in [0.1, 0.15) is 11.5 Å². The molecule has 0 atom stereocenters. The molecule has 8 rings (SSSR count). The number of pyridine rings is 2. The third-order valence-electron chi connectivity index (χ3n) is 7.31. The Morgan fingerprint density at radius 1 is 0.650 bits per heavy atom. The molecule has 0 saturated carbocycles. The van der Waals surface area contributed by atoms with Gasteiger partial charge in [-0.25, -0.2) is 0 Å². The first-order chi connectivity index (χ1) is 19.7. The van der Waals surface area contributed by atoms with E-state index >= 15 is 0 Å². The molecule has 7 aromatic rings. The lowest BCUT2D eigenvalue weighted by Crippen LogP contribution is -1.97. The van der Waals surface area contributed by atoms with Crippen LogP contribution in [-0.4, -0.2) is 9.97 Å². The Morgan fingerprint density at radius 2 is 1.48 bits per heavy atom. The normalized spacial score (nSPS) is 12.0. The Labute approximate surface area is 240 Å². The van der Waals surface area contributed by atoms with Gasteiger partial charge < -0.3 is 4.74 Å². The molecule has 0 bridgehead atoms. The maximum atomic E-state index is 6.47. The first-order valence-electron chi connectivity index (χ1n) is 13.1. The zero-order valence-corrected chi connectivity index (χ0v) is 23.2. The third-order valence-corrected chi connectivity index (χ3v) is 9.42. The fraction of sp³-hybridized carbons (Fsp3) is 0.0286. The maximum Gasteiger partial charge on any atom is 0.128 e. The Bertz CT molecular complexity index is 2090. The van der Waals surface area contributed by atoms with E-state index in [1.165, 1.54) is 41.8 Å². The van der Waals surface area contributed by atoms with Crippen LogP contribution >= 0.6 is 23.1 Å². The summed E-state index contributed by atoms with van der Waals surface area (Å²) in [5.41, 5.74) is 7.66. The van der Waals surface area contributed by atoms with Crippen molar-refractivity contribution in [2.75, 3.05) is 0 Å². The summed E-state index contributed by atoms with van der Waals surface area (Å²) in [6.45, 7) is 2.10. The van der Waals surface area contributed by atoms with Gasteiger partial charge in [-0.2, -0.15) is 0 Å². The van der Waals surface area contributed by atoms with Crippen molar-refractivity contribution in [2.45, 2.75) is 16.7 Å². The average molecular weight is 551 g/mol. The number of aryl methyl sites for hydroxylation is 1. The van der Waals surface area contributed by atoms with Crippen molar-refractivity contribution < 1.29 is 4.74 Å². The van der Waals surface area contributed by atoms with E-state index in [4.69, 9.17) is 9.72 Å². The van der Waals surface area contributed by atoms with Gasteiger partial charge in [0.05, 0.1) is 16.1 Å². The van der Waals surface area contributed by atoms with E-state index in [0.29, 0.717) is 0 Å². The summed E-state index contributed by atoms with van der Waals surface area (Å²) in [5, 5.41) is 5.91. The molecule has 4 heterocycles. The quantitative estimate of drug-likeness (QED) is 0.218. The Kier molecular flexibility index (Phi) is 5.47. The van der Waals surface area contributed by atoms with Gasteiger partial charge in [0.15, 0.2) is 0 Å². The third kappa shape index (κ3) is 3.89. The topological polar surface area (TPSA) is 35.0 Å². The van der Waals surface area contributed by atoms with E-state index in [9.17, 15) is 0 Å². The Morgan fingerprint density at radius 3 is 2.42 bits per heavy atom. The van der Waals surface area contributed by atoms with Crippen molar-refractivity contribution in [3.63, 3.8) is 0 Å². The van der Waals surface area contributed by atoms with Crippen molar-refractivity contribution in [1.82, 2.24) is 9.97 Å². The van der Waals surface area contributed by atoms with Gasteiger partial charge in [-0.05, 0) is 94.4 Å². The first-order valence-corrected chi connectivity index (χ1v) is 14.8. The number of aromatic nitrogens is 2. The summed E-state index contributed by atoms with van der Waals surface area (Å²) in [6, 6.07) is 33.9. The molecular formula is C35H22N2OS2. The van der Waals surface area contributed by atoms with Crippen molar-refractivity contribution in [3.8, 4) is 45.1 Å². The smallest absolute Gasteiger partial charge is 0.128 e. The predicted octanol–water partition coefficient (Wildman–Crippen LogP) is 10.4. The standard InChI is InChI=1S/C35H22N2OS2/c1-21-17-25(33-35-29(12-15-37-33)28-9-3-5-22-6-4-10-30(40-35)31(22)28)20-27(18-21)38-26-8-2-7-24(19-26)32-34-23(11-14-36-32)13-16-39-34/h2-20H,1H3. The van der Waals surface area contributed by atoms with Gasteiger partial charge in [-0.1, -0.05) is 54.2 Å². The van der Waals surface area contributed by atoms with Crippen LogP contribution in [0.4, 0.5) is 0 Å². The zero-order valence-electron chi connectivity index (χ0n) is 21.6. The molecule has 3 aromatic heterocycles. The van der Waals surface area contributed by atoms with Crippen LogP contribution in [0, 0.1) is 6.92 Å². The number of thiophene rings is 1. The van der Waals surface area contributed by atoms with Crippen LogP contribution < -0.4 is 4.74 Å². The van der Waals surface area contributed by atoms with Crippen LogP contribution in [0.3, 0.4) is 0 Å². The molecule has 0 N–H and O–H groups in total. The molecule has 0 saturated heterocycles. The zero-order chi connectivity index (χ0) is 26.6. The predicted molar refractivity (Wildman–Crippen MR) is 167 cm³/mol. The van der Waals surface area contributed by atoms with Gasteiger partial charge >= 0.3 is 0 Å². The fourth-order valence-corrected chi connectivity index (χ4v) is 7.74. The highest BCUT2D eigenvalue weighted by Crippen LogP contribution is 2.50. The molecular weight excluding hydrogens is 529 g/mol. The van der Waals surface area contributed by atoms with Gasteiger partial charge in [-0.15, -0.1) is 11.3 Å². The molecule has 1 aliphatic heterocycles. The molecule has 1 aliphatic rings. The lowest BCUT2D eigenvalue weighted by molar-refractivity contribution is 0.482. The Balaban J connectivity index is 1.19. The number of rotatable bonds is 4. The lowest BCUT2D eigenvalue weighted by Gasteiger charge is -2.22. The molecule has 40 heavy (non-hydrogen) atoms. The van der Waals surface area contributed by atoms with E-state index in [0.717, 1.165) is 39.6 Å². The molecule has 3 nitrogen and oxygen atoms in total. The molecule has 4 aromatic carbocycles. The minimum absolute atomic E-state index is 0.780. The first kappa shape index (κ1) is 23.4. The van der Waals surface area contributed by atoms with E-state index in [-0.39, 0.29) is 0 Å². The lowest BCUT2D eigenvalue weighted by atomic mass is 9.96. The fourth-order valence-electron chi connectivity index (χ4n) is 5.58. The number of fused-ring (bicyclic) bond motifs is 3. The number of benzene rings is 4. The van der Waals surface area contributed by atoms with Crippen LogP contribution in [0.5, 0.6) is 11.5 Å². The Hall–Kier alpha value is -4.45. The molecule has 0 spiro atoms. The van der Waals surface area contributed by atoms with E-state index in [2.05, 4.69) is 102 Å². The molecule has 0 unspecified atom stereocenters. The van der Waals surface area contributed by atoms with Crippen LogP contribution in [0.1, 0.15) is 5.56 Å². The van der Waals surface area contributed by atoms with Gasteiger partial charge in [-0.3, -0.25) is 9.97 Å². The van der Waals surface area contributed by atoms with Crippen molar-refractivity contribution >= 4 is 44.0 Å². The summed E-state index contributed by atoms with van der Waals surface area (Å²) in [4.78, 5) is 12.0. The van der Waals surface area contributed by atoms with Gasteiger partial charge in [0.25, 0.3) is 0 Å². The maximum absolute atomic E-state index is 6.47. The SMILES string of the molecule is Cc1cc(Oc2cccc(-c3nccc4ccsc34)c2)cc(-c2nccc3c2Sc2cccc4cccc-3c24)c1. The van der Waals surface area contributed by atoms with Crippen molar-refractivity contribution in [2.24, 2.45) is 0 Å². The molecule has 0 amide bonds. The second-order valence-electron chi connectivity index (χ2n) is 9.96. The summed E-state index contributed by atoms with van der Waals surface area (Å²) < 4.78 is 7.65. The highest BCUT2D eigenvalue weighted by molar-refractivity contribution is 8.00. The van der Waals surface area contributed by atoms with E-state index < -0.39 is 0 Å². The van der Waals surface area contributed by atoms with Gasteiger partial charge in [0, 0.05) is 38.7 Å². The second kappa shape index (κ2) is 9.33. The van der Waals surface area contributed by atoms with Crippen LogP contribution in [0.15, 0.2) is 125 Å². The van der Waals surface area contributed by atoms with E-state index in [1.54, 1.807) is 23.1 Å². The monoisotopic (exact) mass is 550 g/mol. The van der Waals surface area contributed by atoms with E-state index in [1.807, 2.05) is 24.5 Å². The van der Waals surface area contributed by atoms with Crippen molar-refractivity contribution in [3.05, 3.63) is 120 Å². The largest absolute Gasteiger partial charge is 0.457 e. The summed E-state index contributed by atoms with van der Waals surface area (Å²) in [7, 11) is 0. The number of nitrogens with zero attached hydrogens (tertiary/aromatic N) is 2. The summed E-state index contributed by atoms with van der Waals surface area (Å²) in [5.74, 6) is 1.57. The average Bonchev–Trinajstić information content (AvgIpc) is 3.46. The molecule has 0 aliphatic carbocycles. The van der Waals surface area contributed by atoms with Crippen LogP contribution in [-0.2, 0) is 0 Å². The van der Waals surface area contributed by atoms with Crippen LogP contribution in [0.25, 0.3) is 54.5 Å². The number of ether oxygens (including phenoxy) is 1. The second-order valence-corrected chi connectivity index (χ2v) is 11.9. The molecule has 0 fully saturated rings. The molecule has 5 heteroatoms.